The van der Waals surface area contributed by atoms with E-state index < -0.39 is 0 Å². The smallest absolute Gasteiger partial charge is 0.225 e. The van der Waals surface area contributed by atoms with E-state index in [1.165, 1.54) is 0 Å². The van der Waals surface area contributed by atoms with Gasteiger partial charge in [-0.25, -0.2) is 9.97 Å². The van der Waals surface area contributed by atoms with Gasteiger partial charge < -0.3 is 4.74 Å². The van der Waals surface area contributed by atoms with Gasteiger partial charge in [-0.1, -0.05) is 30.3 Å². The van der Waals surface area contributed by atoms with Gasteiger partial charge in [0, 0.05) is 29.8 Å². The molecule has 6 heteroatoms. The number of ether oxygens (including phenoxy) is 1. The minimum atomic E-state index is 0.181. The summed E-state index contributed by atoms with van der Waals surface area (Å²) in [6.07, 6.45) is 4.11. The van der Waals surface area contributed by atoms with E-state index in [2.05, 4.69) is 15.0 Å². The fourth-order valence-electron chi connectivity index (χ4n) is 1.85. The van der Waals surface area contributed by atoms with Crippen LogP contribution in [0, 0.1) is 0 Å². The highest BCUT2D eigenvalue weighted by molar-refractivity contribution is 7.09. The lowest BCUT2D eigenvalue weighted by molar-refractivity contribution is 0.290. The monoisotopic (exact) mass is 317 g/mol. The fourth-order valence-corrected chi connectivity index (χ4v) is 2.61. The van der Waals surface area contributed by atoms with Gasteiger partial charge in [0.25, 0.3) is 0 Å². The highest BCUT2D eigenvalue weighted by Crippen LogP contribution is 2.22. The summed E-state index contributed by atoms with van der Waals surface area (Å²) in [5, 5.41) is 3.11. The number of nitrogens with zero attached hydrogens (tertiary/aromatic N) is 3. The van der Waals surface area contributed by atoms with Crippen molar-refractivity contribution in [2.24, 2.45) is 0 Å². The third kappa shape index (κ3) is 3.77. The van der Waals surface area contributed by atoms with E-state index in [1.807, 2.05) is 35.7 Å². The van der Waals surface area contributed by atoms with E-state index in [1.54, 1.807) is 23.7 Å². The van der Waals surface area contributed by atoms with Gasteiger partial charge in [0.2, 0.25) is 11.2 Å². The zero-order valence-electron chi connectivity index (χ0n) is 11.1. The SMILES string of the molecule is Clc1ncc(Cc2nccs2)c(OCc2ccccc2)n1. The van der Waals surface area contributed by atoms with Gasteiger partial charge in [-0.2, -0.15) is 4.98 Å². The first-order chi connectivity index (χ1) is 10.3. The van der Waals surface area contributed by atoms with Crippen molar-refractivity contribution in [3.8, 4) is 5.88 Å². The van der Waals surface area contributed by atoms with Crippen LogP contribution in [0.25, 0.3) is 0 Å². The Hall–Kier alpha value is -1.98. The summed E-state index contributed by atoms with van der Waals surface area (Å²) in [5.74, 6) is 0.508. The van der Waals surface area contributed by atoms with Crippen LogP contribution in [0.1, 0.15) is 16.1 Å². The predicted molar refractivity (Wildman–Crippen MR) is 82.7 cm³/mol. The van der Waals surface area contributed by atoms with Crippen LogP contribution in [0.15, 0.2) is 48.1 Å². The maximum absolute atomic E-state index is 5.87. The number of thiazole rings is 1. The molecular formula is C15H12ClN3OS. The lowest BCUT2D eigenvalue weighted by Crippen LogP contribution is -2.02. The van der Waals surface area contributed by atoms with Crippen LogP contribution >= 0.6 is 22.9 Å². The van der Waals surface area contributed by atoms with Crippen molar-refractivity contribution in [3.05, 3.63) is 69.5 Å². The first-order valence-corrected chi connectivity index (χ1v) is 7.63. The van der Waals surface area contributed by atoms with Crippen LogP contribution < -0.4 is 4.74 Å². The van der Waals surface area contributed by atoms with E-state index in [-0.39, 0.29) is 5.28 Å². The van der Waals surface area contributed by atoms with Gasteiger partial charge in [-0.15, -0.1) is 11.3 Å². The van der Waals surface area contributed by atoms with Gasteiger partial charge in [0.1, 0.15) is 6.61 Å². The van der Waals surface area contributed by atoms with E-state index in [4.69, 9.17) is 16.3 Å². The molecule has 0 atom stereocenters. The molecule has 2 heterocycles. The summed E-state index contributed by atoms with van der Waals surface area (Å²) >= 11 is 7.46. The van der Waals surface area contributed by atoms with Gasteiger partial charge in [-0.3, -0.25) is 0 Å². The van der Waals surface area contributed by atoms with Crippen molar-refractivity contribution in [3.63, 3.8) is 0 Å². The zero-order valence-corrected chi connectivity index (χ0v) is 12.6. The third-order valence-corrected chi connectivity index (χ3v) is 3.80. The van der Waals surface area contributed by atoms with Gasteiger partial charge in [0.15, 0.2) is 0 Å². The average molecular weight is 318 g/mol. The minimum Gasteiger partial charge on any atom is -0.472 e. The van der Waals surface area contributed by atoms with Crippen LogP contribution in [0.5, 0.6) is 5.88 Å². The Balaban J connectivity index is 1.78. The highest BCUT2D eigenvalue weighted by Gasteiger charge is 2.10. The van der Waals surface area contributed by atoms with Crippen LogP contribution in [0.4, 0.5) is 0 Å². The molecule has 106 valence electrons. The molecule has 21 heavy (non-hydrogen) atoms. The molecule has 2 aromatic heterocycles. The van der Waals surface area contributed by atoms with Gasteiger partial charge in [-0.05, 0) is 17.2 Å². The molecule has 0 N–H and O–H groups in total. The summed E-state index contributed by atoms with van der Waals surface area (Å²) in [6.45, 7) is 0.444. The number of hydrogen-bond acceptors (Lipinski definition) is 5. The van der Waals surface area contributed by atoms with E-state index in [0.717, 1.165) is 16.1 Å². The molecule has 0 aliphatic rings. The lowest BCUT2D eigenvalue weighted by atomic mass is 10.2. The maximum Gasteiger partial charge on any atom is 0.225 e. The van der Waals surface area contributed by atoms with Gasteiger partial charge in [0.05, 0.1) is 5.01 Å². The van der Waals surface area contributed by atoms with Crippen molar-refractivity contribution in [2.75, 3.05) is 0 Å². The molecular weight excluding hydrogens is 306 g/mol. The largest absolute Gasteiger partial charge is 0.472 e. The molecule has 0 aliphatic heterocycles. The quantitative estimate of drug-likeness (QED) is 0.672. The van der Waals surface area contributed by atoms with E-state index >= 15 is 0 Å². The second kappa shape index (κ2) is 6.65. The lowest BCUT2D eigenvalue weighted by Gasteiger charge is -2.09. The van der Waals surface area contributed by atoms with Crippen molar-refractivity contribution in [2.45, 2.75) is 13.0 Å². The Kier molecular flexibility index (Phi) is 4.43. The van der Waals surface area contributed by atoms with Crippen molar-refractivity contribution >= 4 is 22.9 Å². The number of halogens is 1. The Bertz CT molecular complexity index is 704. The van der Waals surface area contributed by atoms with E-state index in [9.17, 15) is 0 Å². The topological polar surface area (TPSA) is 47.9 Å². The minimum absolute atomic E-state index is 0.181. The maximum atomic E-state index is 5.87. The normalized spacial score (nSPS) is 10.5. The zero-order chi connectivity index (χ0) is 14.5. The summed E-state index contributed by atoms with van der Waals surface area (Å²) in [4.78, 5) is 12.5. The first kappa shape index (κ1) is 14.0. The molecule has 0 fully saturated rings. The van der Waals surface area contributed by atoms with Crippen molar-refractivity contribution in [1.82, 2.24) is 15.0 Å². The summed E-state index contributed by atoms with van der Waals surface area (Å²) < 4.78 is 5.79. The molecule has 0 amide bonds. The number of hydrogen-bond donors (Lipinski definition) is 0. The molecule has 0 saturated heterocycles. The molecule has 0 radical (unpaired) electrons. The number of aromatic nitrogens is 3. The Labute approximate surface area is 131 Å². The highest BCUT2D eigenvalue weighted by atomic mass is 35.5. The molecule has 0 bridgehead atoms. The van der Waals surface area contributed by atoms with Crippen LogP contribution in [-0.2, 0) is 13.0 Å². The average Bonchev–Trinajstić information content (AvgIpc) is 3.01. The summed E-state index contributed by atoms with van der Waals surface area (Å²) in [7, 11) is 0. The molecule has 0 unspecified atom stereocenters. The van der Waals surface area contributed by atoms with Crippen LogP contribution in [0.3, 0.4) is 0 Å². The summed E-state index contributed by atoms with van der Waals surface area (Å²) in [5.41, 5.74) is 1.96. The molecule has 3 aromatic rings. The Morgan fingerprint density at radius 2 is 2.00 bits per heavy atom. The molecule has 4 nitrogen and oxygen atoms in total. The van der Waals surface area contributed by atoms with Crippen molar-refractivity contribution < 1.29 is 4.74 Å². The second-order valence-electron chi connectivity index (χ2n) is 4.35. The van der Waals surface area contributed by atoms with Gasteiger partial charge >= 0.3 is 0 Å². The van der Waals surface area contributed by atoms with Crippen LogP contribution in [0.2, 0.25) is 5.28 Å². The Morgan fingerprint density at radius 3 is 2.76 bits per heavy atom. The molecule has 3 rings (SSSR count). The Morgan fingerprint density at radius 1 is 1.14 bits per heavy atom. The van der Waals surface area contributed by atoms with Crippen molar-refractivity contribution in [1.29, 1.82) is 0 Å². The van der Waals surface area contributed by atoms with E-state index in [0.29, 0.717) is 18.9 Å². The molecule has 0 saturated carbocycles. The molecule has 0 aliphatic carbocycles. The number of benzene rings is 1. The molecule has 0 spiro atoms. The van der Waals surface area contributed by atoms with Crippen LogP contribution in [-0.4, -0.2) is 15.0 Å². The molecule has 1 aromatic carbocycles. The second-order valence-corrected chi connectivity index (χ2v) is 5.66. The summed E-state index contributed by atoms with van der Waals surface area (Å²) in [6, 6.07) is 9.93. The standard InChI is InChI=1S/C15H12ClN3OS/c16-15-18-9-12(8-13-17-6-7-21-13)14(19-15)20-10-11-4-2-1-3-5-11/h1-7,9H,8,10H2. The first-order valence-electron chi connectivity index (χ1n) is 6.38. The third-order valence-electron chi connectivity index (χ3n) is 2.84. The predicted octanol–water partition coefficient (Wildman–Crippen LogP) is 3.76. The fraction of sp³-hybridized carbons (Fsp3) is 0.133. The number of rotatable bonds is 5.